The molecular weight excluding hydrogens is 510 g/mol. The lowest BCUT2D eigenvalue weighted by atomic mass is 9.91. The van der Waals surface area contributed by atoms with Gasteiger partial charge in [0, 0.05) is 31.5 Å². The second kappa shape index (κ2) is 18.9. The second-order valence-electron chi connectivity index (χ2n) is 10.0. The minimum Gasteiger partial charge on any atom is -0.361 e. The van der Waals surface area contributed by atoms with Gasteiger partial charge in [0.15, 0.2) is 0 Å². The van der Waals surface area contributed by atoms with E-state index in [1.54, 1.807) is 12.1 Å². The zero-order chi connectivity index (χ0) is 29.9. The normalized spacial score (nSPS) is 13.9. The fourth-order valence-corrected chi connectivity index (χ4v) is 4.22. The van der Waals surface area contributed by atoms with Gasteiger partial charge in [0.1, 0.15) is 11.6 Å². The number of nitriles is 1. The van der Waals surface area contributed by atoms with E-state index in [0.717, 1.165) is 23.8 Å². The molecule has 2 fully saturated rings. The summed E-state index contributed by atoms with van der Waals surface area (Å²) in [6, 6.07) is 14.9. The predicted molar refractivity (Wildman–Crippen MR) is 168 cm³/mol. The van der Waals surface area contributed by atoms with E-state index in [9.17, 15) is 4.79 Å². The van der Waals surface area contributed by atoms with Gasteiger partial charge in [0.05, 0.1) is 18.2 Å². The van der Waals surface area contributed by atoms with Crippen LogP contribution in [-0.4, -0.2) is 33.5 Å². The molecule has 2 heterocycles. The van der Waals surface area contributed by atoms with Crippen molar-refractivity contribution in [3.05, 3.63) is 66.0 Å². The number of carbonyl (C=O) groups is 1. The molecule has 3 aromatic rings. The SMILES string of the molecule is C#C.CC.CC1CCCCC1.N#Cc1ccc(CNC(=O)CNc2cc(-n3cccc3)nc(NCC3CC3)n2)cc1. The summed E-state index contributed by atoms with van der Waals surface area (Å²) >= 11 is 0. The Balaban J connectivity index is 0.000000456. The van der Waals surface area contributed by atoms with Crippen molar-refractivity contribution >= 4 is 17.7 Å². The summed E-state index contributed by atoms with van der Waals surface area (Å²) in [6.07, 6.45) is 21.8. The van der Waals surface area contributed by atoms with Gasteiger partial charge in [-0.2, -0.15) is 15.2 Å². The largest absolute Gasteiger partial charge is 0.361 e. The Morgan fingerprint density at radius 2 is 1.66 bits per heavy atom. The average Bonchev–Trinajstić information content (AvgIpc) is 3.70. The van der Waals surface area contributed by atoms with Gasteiger partial charge in [-0.1, -0.05) is 65.0 Å². The highest BCUT2D eigenvalue weighted by Crippen LogP contribution is 2.28. The standard InChI is InChI=1S/C22H23N7O.C7H14.C2H6.C2H2/c23-12-16-3-5-17(6-4-16)13-25-21(30)15-24-19-11-20(29-9-1-2-10-29)28-22(27-19)26-14-18-7-8-18;1-7-5-3-2-4-6-7;2*1-2/h1-6,9-11,18H,7-8,13-15H2,(H,25,30)(H2,24,26,27,28);7H,2-6H2,1H3;1-2H3;1-2H. The van der Waals surface area contributed by atoms with Crippen LogP contribution < -0.4 is 16.0 Å². The monoisotopic (exact) mass is 555 g/mol. The quantitative estimate of drug-likeness (QED) is 0.258. The molecule has 0 unspecified atom stereocenters. The first-order valence-electron chi connectivity index (χ1n) is 14.7. The van der Waals surface area contributed by atoms with Gasteiger partial charge in [-0.15, -0.1) is 12.8 Å². The van der Waals surface area contributed by atoms with Crippen molar-refractivity contribution in [1.29, 1.82) is 5.26 Å². The molecule has 0 bridgehead atoms. The lowest BCUT2D eigenvalue weighted by molar-refractivity contribution is -0.119. The first-order chi connectivity index (χ1) is 20.1. The van der Waals surface area contributed by atoms with E-state index in [4.69, 9.17) is 5.26 Å². The van der Waals surface area contributed by atoms with Crippen LogP contribution in [0.2, 0.25) is 0 Å². The molecule has 2 aliphatic carbocycles. The Bertz CT molecular complexity index is 1200. The number of benzene rings is 1. The number of nitrogens with one attached hydrogen (secondary N) is 3. The van der Waals surface area contributed by atoms with Gasteiger partial charge in [-0.3, -0.25) is 4.79 Å². The molecular formula is C33H45N7O. The molecule has 8 nitrogen and oxygen atoms in total. The van der Waals surface area contributed by atoms with Crippen molar-refractivity contribution in [3.63, 3.8) is 0 Å². The molecule has 2 aliphatic rings. The highest BCUT2D eigenvalue weighted by atomic mass is 16.1. The van der Waals surface area contributed by atoms with Crippen LogP contribution in [0, 0.1) is 36.0 Å². The topological polar surface area (TPSA) is 108 Å². The summed E-state index contributed by atoms with van der Waals surface area (Å²) in [5.74, 6) is 3.46. The maximum atomic E-state index is 12.2. The smallest absolute Gasteiger partial charge is 0.239 e. The lowest BCUT2D eigenvalue weighted by Gasteiger charge is -2.15. The maximum Gasteiger partial charge on any atom is 0.239 e. The van der Waals surface area contributed by atoms with E-state index < -0.39 is 0 Å². The van der Waals surface area contributed by atoms with Crippen LogP contribution in [0.15, 0.2) is 54.9 Å². The average molecular weight is 556 g/mol. The highest BCUT2D eigenvalue weighted by Gasteiger charge is 2.21. The number of hydrogen-bond donors (Lipinski definition) is 3. The van der Waals surface area contributed by atoms with Crippen LogP contribution >= 0.6 is 0 Å². The minimum absolute atomic E-state index is 0.0977. The molecule has 1 aromatic carbocycles. The van der Waals surface area contributed by atoms with Crippen LogP contribution in [0.25, 0.3) is 5.82 Å². The zero-order valence-corrected chi connectivity index (χ0v) is 24.8. The summed E-state index contributed by atoms with van der Waals surface area (Å²) in [5, 5.41) is 18.1. The molecule has 218 valence electrons. The number of rotatable bonds is 9. The molecule has 0 radical (unpaired) electrons. The molecule has 5 rings (SSSR count). The number of nitrogens with zero attached hydrogens (tertiary/aromatic N) is 4. The summed E-state index contributed by atoms with van der Waals surface area (Å²) in [5.41, 5.74) is 1.53. The molecule has 0 saturated heterocycles. The van der Waals surface area contributed by atoms with Crippen molar-refractivity contribution in [2.45, 2.75) is 72.3 Å². The van der Waals surface area contributed by atoms with Gasteiger partial charge < -0.3 is 20.5 Å². The molecule has 2 saturated carbocycles. The minimum atomic E-state index is -0.145. The van der Waals surface area contributed by atoms with Gasteiger partial charge >= 0.3 is 0 Å². The number of aromatic nitrogens is 3. The van der Waals surface area contributed by atoms with Crippen LogP contribution in [0.3, 0.4) is 0 Å². The van der Waals surface area contributed by atoms with Gasteiger partial charge in [0.25, 0.3) is 0 Å². The number of terminal acetylenes is 1. The van der Waals surface area contributed by atoms with Gasteiger partial charge in [0.2, 0.25) is 11.9 Å². The third-order valence-corrected chi connectivity index (χ3v) is 6.72. The number of hydrogen-bond acceptors (Lipinski definition) is 6. The molecule has 41 heavy (non-hydrogen) atoms. The highest BCUT2D eigenvalue weighted by molar-refractivity contribution is 5.80. The first-order valence-corrected chi connectivity index (χ1v) is 14.7. The number of carbonyl (C=O) groups excluding carboxylic acids is 1. The Morgan fingerprint density at radius 3 is 2.22 bits per heavy atom. The fraction of sp³-hybridized carbons (Fsp3) is 0.455. The van der Waals surface area contributed by atoms with E-state index in [2.05, 4.69) is 51.8 Å². The lowest BCUT2D eigenvalue weighted by Crippen LogP contribution is -2.29. The van der Waals surface area contributed by atoms with Gasteiger partial charge in [-0.05, 0) is 54.5 Å². The maximum absolute atomic E-state index is 12.2. The molecule has 0 spiro atoms. The van der Waals surface area contributed by atoms with Crippen LogP contribution in [0.1, 0.15) is 76.8 Å². The molecule has 1 amide bonds. The summed E-state index contributed by atoms with van der Waals surface area (Å²) in [4.78, 5) is 21.3. The third-order valence-electron chi connectivity index (χ3n) is 6.72. The molecule has 2 aromatic heterocycles. The molecule has 0 atom stereocenters. The van der Waals surface area contributed by atoms with E-state index in [-0.39, 0.29) is 12.5 Å². The van der Waals surface area contributed by atoms with Crippen molar-refractivity contribution in [3.8, 4) is 24.7 Å². The van der Waals surface area contributed by atoms with E-state index in [1.807, 2.05) is 61.1 Å². The third kappa shape index (κ3) is 12.6. The van der Waals surface area contributed by atoms with Crippen molar-refractivity contribution in [1.82, 2.24) is 19.9 Å². The molecule has 3 N–H and O–H groups in total. The number of amides is 1. The van der Waals surface area contributed by atoms with E-state index in [1.165, 1.54) is 44.9 Å². The van der Waals surface area contributed by atoms with E-state index in [0.29, 0.717) is 29.8 Å². The summed E-state index contributed by atoms with van der Waals surface area (Å²) < 4.78 is 1.90. The number of anilines is 2. The Kier molecular flexibility index (Phi) is 15.2. The van der Waals surface area contributed by atoms with Crippen LogP contribution in [0.5, 0.6) is 0 Å². The molecule has 8 heteroatoms. The van der Waals surface area contributed by atoms with Crippen molar-refractivity contribution in [2.24, 2.45) is 11.8 Å². The summed E-state index contributed by atoms with van der Waals surface area (Å²) in [6.45, 7) is 7.72. The Hall–Kier alpha value is -4.30. The Labute approximate surface area is 246 Å². The van der Waals surface area contributed by atoms with Crippen molar-refractivity contribution in [2.75, 3.05) is 23.7 Å². The molecule has 0 aliphatic heterocycles. The Morgan fingerprint density at radius 1 is 1.00 bits per heavy atom. The van der Waals surface area contributed by atoms with Gasteiger partial charge in [-0.25, -0.2) is 0 Å². The van der Waals surface area contributed by atoms with Crippen LogP contribution in [0.4, 0.5) is 11.8 Å². The zero-order valence-electron chi connectivity index (χ0n) is 24.8. The van der Waals surface area contributed by atoms with Crippen LogP contribution in [-0.2, 0) is 11.3 Å². The summed E-state index contributed by atoms with van der Waals surface area (Å²) in [7, 11) is 0. The fourth-order valence-electron chi connectivity index (χ4n) is 4.22. The second-order valence-corrected chi connectivity index (χ2v) is 10.0. The first kappa shape index (κ1) is 32.9. The predicted octanol–water partition coefficient (Wildman–Crippen LogP) is 6.55. The van der Waals surface area contributed by atoms with E-state index >= 15 is 0 Å². The van der Waals surface area contributed by atoms with Crippen molar-refractivity contribution < 1.29 is 4.79 Å².